The molecule has 4 aromatic rings. The van der Waals surface area contributed by atoms with E-state index >= 15 is 4.39 Å². The van der Waals surface area contributed by atoms with Gasteiger partial charge in [-0.1, -0.05) is 6.07 Å². The molecule has 3 N–H and O–H groups in total. The van der Waals surface area contributed by atoms with Crippen LogP contribution in [0.5, 0.6) is 6.01 Å². The van der Waals surface area contributed by atoms with E-state index in [-0.39, 0.29) is 68.5 Å². The molecule has 4 heterocycles. The van der Waals surface area contributed by atoms with Crippen LogP contribution in [0.1, 0.15) is 30.4 Å². The topological polar surface area (TPSA) is 124 Å². The molecule has 2 aromatic carbocycles. The molecule has 210 valence electrons. The molecule has 2 saturated heterocycles. The van der Waals surface area contributed by atoms with Crippen molar-refractivity contribution in [1.29, 1.82) is 10.5 Å². The lowest BCUT2D eigenvalue weighted by Gasteiger charge is -2.34. The van der Waals surface area contributed by atoms with Crippen LogP contribution in [0, 0.1) is 34.3 Å². The lowest BCUT2D eigenvalue weighted by atomic mass is 9.92. The van der Waals surface area contributed by atoms with Gasteiger partial charge in [0.2, 0.25) is 0 Å². The zero-order valence-corrected chi connectivity index (χ0v) is 22.0. The number of piperazine rings is 1. The summed E-state index contributed by atoms with van der Waals surface area (Å²) in [5.74, 6) is -2.05. The standard InChI is InChI=1S/C27H20F5N7OS/c28-18-5-4-14(19-16(9-34)24(35)41-23(18)19)20-17(27(30,31)32)8-15-22(21(20)29)37-26(40-7-1-6-33)38-25(15)39-10-12-2-3-13(11-39)36-12/h4-5,8,12-13,36H,1-3,7,10-11,35H2. The van der Waals surface area contributed by atoms with E-state index in [0.29, 0.717) is 24.4 Å². The Morgan fingerprint density at radius 1 is 1.15 bits per heavy atom. The summed E-state index contributed by atoms with van der Waals surface area (Å²) in [5, 5.41) is 21.5. The molecule has 41 heavy (non-hydrogen) atoms. The Morgan fingerprint density at radius 2 is 1.88 bits per heavy atom. The molecule has 2 fully saturated rings. The smallest absolute Gasteiger partial charge is 0.417 e. The number of aromatic nitrogens is 2. The van der Waals surface area contributed by atoms with Gasteiger partial charge in [0.15, 0.2) is 5.82 Å². The van der Waals surface area contributed by atoms with Crippen molar-refractivity contribution < 1.29 is 26.7 Å². The summed E-state index contributed by atoms with van der Waals surface area (Å²) in [6, 6.07) is 6.32. The van der Waals surface area contributed by atoms with E-state index in [2.05, 4.69) is 15.3 Å². The third-order valence-electron chi connectivity index (χ3n) is 7.36. The second kappa shape index (κ2) is 9.98. The Kier molecular flexibility index (Phi) is 6.55. The summed E-state index contributed by atoms with van der Waals surface area (Å²) in [7, 11) is 0. The number of fused-ring (bicyclic) bond motifs is 4. The first-order chi connectivity index (χ1) is 19.6. The maximum absolute atomic E-state index is 16.6. The third-order valence-corrected chi connectivity index (χ3v) is 8.38. The van der Waals surface area contributed by atoms with Gasteiger partial charge in [0.25, 0.3) is 0 Å². The first-order valence-corrected chi connectivity index (χ1v) is 13.5. The number of nitrogen functional groups attached to an aromatic ring is 1. The van der Waals surface area contributed by atoms with Crippen molar-refractivity contribution in [2.75, 3.05) is 30.3 Å². The van der Waals surface area contributed by atoms with Crippen LogP contribution in [0.15, 0.2) is 18.2 Å². The van der Waals surface area contributed by atoms with Gasteiger partial charge in [-0.25, -0.2) is 8.78 Å². The molecule has 2 aliphatic heterocycles. The number of nitrogens with one attached hydrogen (secondary N) is 1. The van der Waals surface area contributed by atoms with E-state index in [1.807, 2.05) is 6.07 Å². The summed E-state index contributed by atoms with van der Waals surface area (Å²) < 4.78 is 80.5. The Hall–Kier alpha value is -4.27. The number of hydrogen-bond acceptors (Lipinski definition) is 9. The van der Waals surface area contributed by atoms with Crippen molar-refractivity contribution in [1.82, 2.24) is 15.3 Å². The van der Waals surface area contributed by atoms with Gasteiger partial charge in [-0.15, -0.1) is 11.3 Å². The highest BCUT2D eigenvalue weighted by atomic mass is 32.1. The van der Waals surface area contributed by atoms with Crippen LogP contribution in [0.25, 0.3) is 32.1 Å². The molecule has 2 aromatic heterocycles. The molecule has 0 amide bonds. The van der Waals surface area contributed by atoms with E-state index in [1.54, 1.807) is 11.0 Å². The molecule has 0 radical (unpaired) electrons. The molecule has 2 atom stereocenters. The van der Waals surface area contributed by atoms with Crippen LogP contribution in [-0.2, 0) is 6.18 Å². The number of thiophene rings is 1. The Labute approximate surface area is 233 Å². The molecular formula is C27H20F5N7OS. The van der Waals surface area contributed by atoms with E-state index in [9.17, 15) is 22.8 Å². The SMILES string of the molecule is N#CCCOc1nc(N2CC3CCC(C2)N3)c2cc(C(F)(F)F)c(-c3ccc(F)c4sc(N)c(C#N)c34)c(F)c2n1. The van der Waals surface area contributed by atoms with Crippen LogP contribution in [0.3, 0.4) is 0 Å². The van der Waals surface area contributed by atoms with E-state index in [4.69, 9.17) is 15.7 Å². The van der Waals surface area contributed by atoms with Crippen molar-refractivity contribution >= 4 is 43.1 Å². The van der Waals surface area contributed by atoms with Crippen LogP contribution in [0.2, 0.25) is 0 Å². The molecule has 2 bridgehead atoms. The molecule has 2 unspecified atom stereocenters. The maximum Gasteiger partial charge on any atom is 0.417 e. The first kappa shape index (κ1) is 26.9. The minimum atomic E-state index is -5.04. The Bertz CT molecular complexity index is 1780. The number of hydrogen-bond donors (Lipinski definition) is 2. The summed E-state index contributed by atoms with van der Waals surface area (Å²) >= 11 is 0.695. The van der Waals surface area contributed by atoms with Crippen molar-refractivity contribution in [2.45, 2.75) is 37.5 Å². The molecule has 0 spiro atoms. The number of rotatable bonds is 5. The second-order valence-corrected chi connectivity index (χ2v) is 10.9. The molecular weight excluding hydrogens is 565 g/mol. The molecule has 0 saturated carbocycles. The van der Waals surface area contributed by atoms with Gasteiger partial charge in [-0.05, 0) is 30.5 Å². The zero-order chi connectivity index (χ0) is 29.1. The Morgan fingerprint density at radius 3 is 2.54 bits per heavy atom. The summed E-state index contributed by atoms with van der Waals surface area (Å²) in [4.78, 5) is 10.3. The fourth-order valence-corrected chi connectivity index (χ4v) is 6.60. The minimum absolute atomic E-state index is 0.0146. The largest absolute Gasteiger partial charge is 0.462 e. The van der Waals surface area contributed by atoms with Gasteiger partial charge >= 0.3 is 12.2 Å². The molecule has 8 nitrogen and oxygen atoms in total. The number of ether oxygens (including phenoxy) is 1. The van der Waals surface area contributed by atoms with Crippen molar-refractivity contribution in [3.05, 3.63) is 41.0 Å². The highest BCUT2D eigenvalue weighted by molar-refractivity contribution is 7.23. The van der Waals surface area contributed by atoms with E-state index < -0.39 is 34.5 Å². The number of alkyl halides is 3. The second-order valence-electron chi connectivity index (χ2n) is 9.89. The van der Waals surface area contributed by atoms with Crippen molar-refractivity contribution in [3.63, 3.8) is 0 Å². The third kappa shape index (κ3) is 4.53. The number of anilines is 2. The summed E-state index contributed by atoms with van der Waals surface area (Å²) in [5.41, 5.74) is 2.64. The molecule has 14 heteroatoms. The highest BCUT2D eigenvalue weighted by Crippen LogP contribution is 2.48. The molecule has 6 rings (SSSR count). The number of halogens is 5. The van der Waals surface area contributed by atoms with Crippen LogP contribution in [-0.4, -0.2) is 41.7 Å². The average molecular weight is 586 g/mol. The monoisotopic (exact) mass is 585 g/mol. The zero-order valence-electron chi connectivity index (χ0n) is 21.1. The normalized spacial score (nSPS) is 18.6. The lowest BCUT2D eigenvalue weighted by Crippen LogP contribution is -2.51. The van der Waals surface area contributed by atoms with Crippen LogP contribution in [0.4, 0.5) is 32.8 Å². The van der Waals surface area contributed by atoms with E-state index in [0.717, 1.165) is 31.0 Å². The number of benzene rings is 2. The number of nitrogens with zero attached hydrogens (tertiary/aromatic N) is 5. The predicted octanol–water partition coefficient (Wildman–Crippen LogP) is 5.50. The van der Waals surface area contributed by atoms with Crippen molar-refractivity contribution in [2.24, 2.45) is 0 Å². The Balaban J connectivity index is 1.66. The first-order valence-electron chi connectivity index (χ1n) is 12.6. The lowest BCUT2D eigenvalue weighted by molar-refractivity contribution is -0.137. The average Bonchev–Trinajstić information content (AvgIpc) is 3.46. The fourth-order valence-electron chi connectivity index (χ4n) is 5.65. The van der Waals surface area contributed by atoms with E-state index in [1.165, 1.54) is 0 Å². The summed E-state index contributed by atoms with van der Waals surface area (Å²) in [6.45, 7) is 0.758. The molecule has 0 aliphatic carbocycles. The summed E-state index contributed by atoms with van der Waals surface area (Å²) in [6.07, 6.45) is -3.29. The van der Waals surface area contributed by atoms with Gasteiger partial charge < -0.3 is 20.7 Å². The molecule has 2 aliphatic rings. The minimum Gasteiger partial charge on any atom is -0.462 e. The van der Waals surface area contributed by atoms with Gasteiger partial charge in [-0.3, -0.25) is 0 Å². The quantitative estimate of drug-likeness (QED) is 0.233. The van der Waals surface area contributed by atoms with Crippen LogP contribution < -0.4 is 20.7 Å². The van der Waals surface area contributed by atoms with Gasteiger partial charge in [0.05, 0.1) is 28.3 Å². The van der Waals surface area contributed by atoms with Gasteiger partial charge in [0, 0.05) is 41.5 Å². The highest BCUT2D eigenvalue weighted by Gasteiger charge is 2.39. The number of nitriles is 2. The maximum atomic E-state index is 16.6. The predicted molar refractivity (Wildman–Crippen MR) is 142 cm³/mol. The fraction of sp³-hybridized carbons (Fsp3) is 0.333. The van der Waals surface area contributed by atoms with Gasteiger partial charge in [-0.2, -0.15) is 33.7 Å². The number of nitrogens with two attached hydrogens (primary N) is 1. The van der Waals surface area contributed by atoms with Gasteiger partial charge in [0.1, 0.15) is 34.8 Å². The van der Waals surface area contributed by atoms with Crippen LogP contribution >= 0.6 is 11.3 Å². The van der Waals surface area contributed by atoms with Crippen molar-refractivity contribution in [3.8, 4) is 29.3 Å².